The zero-order chi connectivity index (χ0) is 27.9. The largest absolute Gasteiger partial charge is 0.573 e. The topological polar surface area (TPSA) is 82.5 Å². The van der Waals surface area contributed by atoms with E-state index in [0.29, 0.717) is 30.6 Å². The van der Waals surface area contributed by atoms with Gasteiger partial charge in [0.25, 0.3) is 0 Å². The van der Waals surface area contributed by atoms with E-state index in [0.717, 1.165) is 17.7 Å². The summed E-state index contributed by atoms with van der Waals surface area (Å²) in [5.41, 5.74) is 0.437. The summed E-state index contributed by atoms with van der Waals surface area (Å²) >= 11 is 0. The Hall–Kier alpha value is -3.24. The molecule has 2 fully saturated rings. The molecule has 1 spiro atoms. The van der Waals surface area contributed by atoms with Crippen molar-refractivity contribution < 1.29 is 37.7 Å². The number of ether oxygens (including phenoxy) is 2. The quantitative estimate of drug-likeness (QED) is 0.569. The van der Waals surface area contributed by atoms with Crippen LogP contribution < -0.4 is 9.47 Å². The van der Waals surface area contributed by atoms with E-state index in [4.69, 9.17) is 4.74 Å². The summed E-state index contributed by atoms with van der Waals surface area (Å²) < 4.78 is 48.3. The first-order valence-corrected chi connectivity index (χ1v) is 13.1. The first-order chi connectivity index (χ1) is 18.4. The van der Waals surface area contributed by atoms with Gasteiger partial charge in [-0.3, -0.25) is 4.79 Å². The molecule has 2 heterocycles. The van der Waals surface area contributed by atoms with Gasteiger partial charge < -0.3 is 29.5 Å². The highest BCUT2D eigenvalue weighted by molar-refractivity contribution is 5.92. The average Bonchev–Trinajstić information content (AvgIpc) is 3.20. The molecule has 1 saturated heterocycles. The second kappa shape index (κ2) is 8.63. The summed E-state index contributed by atoms with van der Waals surface area (Å²) in [5, 5.41) is 23.2. The number of halogens is 3. The predicted octanol–water partition coefficient (Wildman–Crippen LogP) is 3.86. The molecule has 1 amide bonds. The third kappa shape index (κ3) is 3.75. The van der Waals surface area contributed by atoms with Crippen LogP contribution in [0.4, 0.5) is 13.2 Å². The molecule has 2 bridgehead atoms. The number of hydrogen-bond donors (Lipinski definition) is 2. The molecule has 2 aliphatic heterocycles. The van der Waals surface area contributed by atoms with Crippen molar-refractivity contribution in [1.29, 1.82) is 0 Å². The first-order valence-electron chi connectivity index (χ1n) is 13.1. The van der Waals surface area contributed by atoms with E-state index >= 15 is 0 Å². The van der Waals surface area contributed by atoms with Gasteiger partial charge in [0.2, 0.25) is 5.91 Å². The lowest BCUT2D eigenvalue weighted by atomic mass is 9.47. The van der Waals surface area contributed by atoms with Crippen LogP contribution in [0.25, 0.3) is 6.08 Å². The summed E-state index contributed by atoms with van der Waals surface area (Å²) in [4.78, 5) is 17.2. The number of amides is 1. The number of carbonyl (C=O) groups is 1. The van der Waals surface area contributed by atoms with Crippen molar-refractivity contribution in [3.8, 4) is 17.2 Å². The first kappa shape index (κ1) is 26.0. The summed E-state index contributed by atoms with van der Waals surface area (Å²) in [7, 11) is 3.71. The minimum atomic E-state index is -4.81. The van der Waals surface area contributed by atoms with Gasteiger partial charge in [-0.05, 0) is 74.2 Å². The third-order valence-corrected chi connectivity index (χ3v) is 9.36. The number of phenols is 1. The maximum atomic E-state index is 13.4. The van der Waals surface area contributed by atoms with Gasteiger partial charge >= 0.3 is 6.36 Å². The van der Waals surface area contributed by atoms with Crippen LogP contribution in [0.2, 0.25) is 0 Å². The fourth-order valence-corrected chi connectivity index (χ4v) is 7.83. The number of phenolic OH excluding ortho intramolecular Hbond substituents is 1. The summed E-state index contributed by atoms with van der Waals surface area (Å²) in [6.07, 6.45) is -0.881. The molecule has 6 atom stereocenters. The summed E-state index contributed by atoms with van der Waals surface area (Å²) in [6.45, 7) is 2.74. The second-order valence-corrected chi connectivity index (χ2v) is 11.4. The molecular formula is C29H31F3N2O5. The van der Waals surface area contributed by atoms with E-state index < -0.39 is 29.5 Å². The van der Waals surface area contributed by atoms with Crippen molar-refractivity contribution in [2.75, 3.05) is 20.6 Å². The lowest BCUT2D eigenvalue weighted by Crippen LogP contribution is -2.79. The van der Waals surface area contributed by atoms with E-state index in [1.54, 1.807) is 24.1 Å². The van der Waals surface area contributed by atoms with Gasteiger partial charge in [0.05, 0.1) is 17.1 Å². The van der Waals surface area contributed by atoms with E-state index in [9.17, 15) is 28.2 Å². The second-order valence-electron chi connectivity index (χ2n) is 11.4. The van der Waals surface area contributed by atoms with Crippen LogP contribution >= 0.6 is 0 Å². The third-order valence-electron chi connectivity index (χ3n) is 9.36. The van der Waals surface area contributed by atoms with Gasteiger partial charge in [-0.15, -0.1) is 13.2 Å². The highest BCUT2D eigenvalue weighted by Gasteiger charge is 2.74. The summed E-state index contributed by atoms with van der Waals surface area (Å²) in [5.74, 6) is -0.424. The Balaban J connectivity index is 1.33. The molecule has 0 aromatic heterocycles. The zero-order valence-electron chi connectivity index (χ0n) is 21.9. The molecule has 6 rings (SSSR count). The number of aliphatic hydroxyl groups is 1. The molecule has 7 nitrogen and oxygen atoms in total. The number of likely N-dealkylation sites (tertiary alicyclic amines) is 1. The molecule has 2 aromatic carbocycles. The lowest BCUT2D eigenvalue weighted by Gasteiger charge is -2.65. The highest BCUT2D eigenvalue weighted by atomic mass is 19.4. The highest BCUT2D eigenvalue weighted by Crippen LogP contribution is 2.66. The Morgan fingerprint density at radius 2 is 2.05 bits per heavy atom. The molecule has 39 heavy (non-hydrogen) atoms. The van der Waals surface area contributed by atoms with Crippen LogP contribution in [0.15, 0.2) is 42.5 Å². The van der Waals surface area contributed by atoms with E-state index in [1.807, 2.05) is 20.0 Å². The Kier molecular flexibility index (Phi) is 5.75. The fraction of sp³-hybridized carbons (Fsp3) is 0.483. The average molecular weight is 545 g/mol. The van der Waals surface area contributed by atoms with Crippen LogP contribution in [0.5, 0.6) is 17.2 Å². The molecule has 4 aliphatic rings. The van der Waals surface area contributed by atoms with Crippen molar-refractivity contribution in [3.05, 3.63) is 59.2 Å². The van der Waals surface area contributed by atoms with E-state index in [1.165, 1.54) is 30.4 Å². The standard InChI is InChI=1S/C29H31F3N2O5/c1-16-15-28(37)21-14-18-8-9-20(35)25-23(18)27(28,11-12-33(21)2)26(38-25)24(16)34(3)22(36)10-7-17-5-4-6-19(13-17)39-29(30,31)32/h4-10,13,16,21,24,26,35,37H,11-12,14-15H2,1-3H3/b10-7+/t16?,21-,24?,26?,27+,28-/m1/s1. The van der Waals surface area contributed by atoms with Gasteiger partial charge in [0.1, 0.15) is 11.9 Å². The Labute approximate surface area is 224 Å². The van der Waals surface area contributed by atoms with Crippen molar-refractivity contribution in [3.63, 3.8) is 0 Å². The number of likely N-dealkylation sites (N-methyl/N-ethyl adjacent to an activating group) is 2. The number of hydrogen-bond acceptors (Lipinski definition) is 6. The van der Waals surface area contributed by atoms with Gasteiger partial charge in [-0.2, -0.15) is 0 Å². The molecule has 10 heteroatoms. The smallest absolute Gasteiger partial charge is 0.504 e. The predicted molar refractivity (Wildman–Crippen MR) is 136 cm³/mol. The number of piperidine rings is 1. The minimum Gasteiger partial charge on any atom is -0.504 e. The monoisotopic (exact) mass is 544 g/mol. The number of alkyl halides is 3. The molecule has 208 valence electrons. The van der Waals surface area contributed by atoms with Gasteiger partial charge in [-0.25, -0.2) is 0 Å². The van der Waals surface area contributed by atoms with E-state index in [-0.39, 0.29) is 29.4 Å². The van der Waals surface area contributed by atoms with Crippen LogP contribution in [0, 0.1) is 5.92 Å². The van der Waals surface area contributed by atoms with E-state index in [2.05, 4.69) is 9.64 Å². The molecule has 2 aromatic rings. The number of carbonyl (C=O) groups excluding carboxylic acids is 1. The Bertz CT molecular complexity index is 1360. The van der Waals surface area contributed by atoms with Gasteiger partial charge in [-0.1, -0.05) is 25.1 Å². The van der Waals surface area contributed by atoms with Gasteiger partial charge in [0, 0.05) is 24.7 Å². The van der Waals surface area contributed by atoms with Crippen LogP contribution in [0.3, 0.4) is 0 Å². The fourth-order valence-electron chi connectivity index (χ4n) is 7.83. The molecular weight excluding hydrogens is 513 g/mol. The lowest BCUT2D eigenvalue weighted by molar-refractivity contribution is -0.274. The number of rotatable bonds is 4. The number of aromatic hydroxyl groups is 1. The van der Waals surface area contributed by atoms with Gasteiger partial charge in [0.15, 0.2) is 11.5 Å². The van der Waals surface area contributed by atoms with Crippen LogP contribution in [-0.2, 0) is 16.6 Å². The number of nitrogens with zero attached hydrogens (tertiary/aromatic N) is 2. The normalized spacial score (nSPS) is 33.0. The molecule has 3 unspecified atom stereocenters. The van der Waals surface area contributed by atoms with Crippen LogP contribution in [0.1, 0.15) is 36.5 Å². The minimum absolute atomic E-state index is 0.0264. The maximum absolute atomic E-state index is 13.4. The molecule has 2 aliphatic carbocycles. The Morgan fingerprint density at radius 3 is 2.79 bits per heavy atom. The zero-order valence-corrected chi connectivity index (χ0v) is 21.9. The maximum Gasteiger partial charge on any atom is 0.573 e. The number of benzene rings is 2. The SMILES string of the molecule is CC1C[C@@]2(O)[C@H]3Cc4ccc(O)c5c4[C@@]2(CCN3C)C(O5)C1N(C)C(=O)/C=C/c1cccc(OC(F)(F)F)c1. The Morgan fingerprint density at radius 1 is 1.28 bits per heavy atom. The molecule has 2 N–H and O–H groups in total. The van der Waals surface area contributed by atoms with Crippen molar-refractivity contribution in [2.45, 2.75) is 61.8 Å². The van der Waals surface area contributed by atoms with Crippen LogP contribution in [-0.4, -0.2) is 76.7 Å². The molecule has 1 saturated carbocycles. The van der Waals surface area contributed by atoms with Crippen molar-refractivity contribution in [2.24, 2.45) is 5.92 Å². The van der Waals surface area contributed by atoms with Crippen molar-refractivity contribution in [1.82, 2.24) is 9.80 Å². The molecule has 0 radical (unpaired) electrons. The van der Waals surface area contributed by atoms with Crippen molar-refractivity contribution >= 4 is 12.0 Å². The summed E-state index contributed by atoms with van der Waals surface area (Å²) in [6, 6.07) is 8.42.